The Morgan fingerprint density at radius 2 is 2.14 bits per heavy atom. The lowest BCUT2D eigenvalue weighted by atomic mass is 9.99. The second-order valence-electron chi connectivity index (χ2n) is 5.07. The Morgan fingerprint density at radius 3 is 2.90 bits per heavy atom. The van der Waals surface area contributed by atoms with E-state index in [1.807, 2.05) is 4.57 Å². The fraction of sp³-hybridized carbons (Fsp3) is 0.429. The average Bonchev–Trinajstić information content (AvgIpc) is 2.90. The average molecular weight is 294 g/mol. The number of hydrogen-bond acceptors (Lipinski definition) is 4. The maximum atomic E-state index is 12.5. The molecule has 1 atom stereocenters. The minimum Gasteiger partial charge on any atom is -0.434 e. The Morgan fingerprint density at radius 1 is 1.33 bits per heavy atom. The lowest BCUT2D eigenvalue weighted by molar-refractivity contribution is -0.0494. The molecule has 0 bridgehead atoms. The highest BCUT2D eigenvalue weighted by molar-refractivity contribution is 5.64. The highest BCUT2D eigenvalue weighted by Gasteiger charge is 2.24. The molecule has 2 aromatic rings. The number of aromatic nitrogens is 3. The van der Waals surface area contributed by atoms with Crippen molar-refractivity contribution in [1.82, 2.24) is 14.8 Å². The van der Waals surface area contributed by atoms with Crippen LogP contribution in [0.2, 0.25) is 0 Å². The monoisotopic (exact) mass is 294 g/mol. The first-order chi connectivity index (χ1) is 10.2. The van der Waals surface area contributed by atoms with Gasteiger partial charge in [-0.2, -0.15) is 8.78 Å². The van der Waals surface area contributed by atoms with E-state index < -0.39 is 6.61 Å². The molecular formula is C14H16F2N4O. The Balaban J connectivity index is 2.00. The van der Waals surface area contributed by atoms with E-state index in [0.29, 0.717) is 30.4 Å². The van der Waals surface area contributed by atoms with Crippen LogP contribution >= 0.6 is 0 Å². The lowest BCUT2D eigenvalue weighted by Crippen LogP contribution is -2.26. The van der Waals surface area contributed by atoms with Crippen molar-refractivity contribution in [3.8, 4) is 17.1 Å². The van der Waals surface area contributed by atoms with Gasteiger partial charge in [0.05, 0.1) is 5.56 Å². The summed E-state index contributed by atoms with van der Waals surface area (Å²) in [5.41, 5.74) is 6.26. The normalized spacial score (nSPS) is 17.8. The summed E-state index contributed by atoms with van der Waals surface area (Å²) in [6.07, 6.45) is 1.77. The molecule has 1 aromatic carbocycles. The van der Waals surface area contributed by atoms with Gasteiger partial charge in [0.2, 0.25) is 0 Å². The third-order valence-corrected chi connectivity index (χ3v) is 3.72. The minimum absolute atomic E-state index is 0.109. The summed E-state index contributed by atoms with van der Waals surface area (Å²) >= 11 is 0. The van der Waals surface area contributed by atoms with Crippen LogP contribution in [-0.4, -0.2) is 27.9 Å². The number of aryl methyl sites for hydroxylation is 1. The van der Waals surface area contributed by atoms with Gasteiger partial charge in [0.25, 0.3) is 0 Å². The third kappa shape index (κ3) is 2.73. The van der Waals surface area contributed by atoms with Gasteiger partial charge in [-0.3, -0.25) is 0 Å². The summed E-state index contributed by atoms with van der Waals surface area (Å²) in [5.74, 6) is 1.88. The number of nitrogens with zero attached hydrogens (tertiary/aromatic N) is 3. The van der Waals surface area contributed by atoms with Crippen LogP contribution in [0.25, 0.3) is 11.4 Å². The zero-order chi connectivity index (χ0) is 14.8. The molecule has 7 heteroatoms. The number of fused-ring (bicyclic) bond motifs is 1. The van der Waals surface area contributed by atoms with Gasteiger partial charge >= 0.3 is 6.61 Å². The molecule has 0 saturated carbocycles. The maximum Gasteiger partial charge on any atom is 0.387 e. The Labute approximate surface area is 120 Å². The molecule has 3 rings (SSSR count). The van der Waals surface area contributed by atoms with Crippen LogP contribution in [0.3, 0.4) is 0 Å². The zero-order valence-corrected chi connectivity index (χ0v) is 11.4. The quantitative estimate of drug-likeness (QED) is 0.937. The first-order valence-electron chi connectivity index (χ1n) is 6.85. The fourth-order valence-electron chi connectivity index (χ4n) is 2.64. The number of nitrogens with two attached hydrogens (primary N) is 1. The minimum atomic E-state index is -2.87. The summed E-state index contributed by atoms with van der Waals surface area (Å²) < 4.78 is 31.6. The molecule has 1 aliphatic rings. The molecule has 0 fully saturated rings. The second kappa shape index (κ2) is 5.77. The van der Waals surface area contributed by atoms with E-state index in [0.717, 1.165) is 18.7 Å². The van der Waals surface area contributed by atoms with Crippen molar-refractivity contribution in [2.75, 3.05) is 6.54 Å². The third-order valence-electron chi connectivity index (χ3n) is 3.72. The van der Waals surface area contributed by atoms with Gasteiger partial charge in [0.15, 0.2) is 5.82 Å². The molecule has 1 aliphatic heterocycles. The van der Waals surface area contributed by atoms with Crippen molar-refractivity contribution in [1.29, 1.82) is 0 Å². The zero-order valence-electron chi connectivity index (χ0n) is 11.4. The van der Waals surface area contributed by atoms with E-state index in [9.17, 15) is 8.78 Å². The van der Waals surface area contributed by atoms with Gasteiger partial charge in [-0.25, -0.2) is 0 Å². The van der Waals surface area contributed by atoms with Crippen molar-refractivity contribution >= 4 is 0 Å². The number of rotatable bonds is 4. The van der Waals surface area contributed by atoms with Crippen molar-refractivity contribution in [3.05, 3.63) is 30.1 Å². The molecule has 5 nitrogen and oxygen atoms in total. The molecule has 21 heavy (non-hydrogen) atoms. The van der Waals surface area contributed by atoms with Gasteiger partial charge in [-0.15, -0.1) is 10.2 Å². The molecule has 112 valence electrons. The molecular weight excluding hydrogens is 278 g/mol. The summed E-state index contributed by atoms with van der Waals surface area (Å²) in [4.78, 5) is 0. The molecule has 1 unspecified atom stereocenters. The summed E-state index contributed by atoms with van der Waals surface area (Å²) in [6, 6.07) is 6.63. The number of ether oxygens (including phenoxy) is 1. The van der Waals surface area contributed by atoms with Crippen molar-refractivity contribution in [2.24, 2.45) is 11.7 Å². The van der Waals surface area contributed by atoms with E-state index in [2.05, 4.69) is 14.9 Å². The van der Waals surface area contributed by atoms with Crippen LogP contribution in [-0.2, 0) is 13.0 Å². The van der Waals surface area contributed by atoms with E-state index in [-0.39, 0.29) is 5.75 Å². The largest absolute Gasteiger partial charge is 0.434 e. The van der Waals surface area contributed by atoms with Gasteiger partial charge in [-0.05, 0) is 31.0 Å². The number of alkyl halides is 2. The van der Waals surface area contributed by atoms with Gasteiger partial charge in [0.1, 0.15) is 11.6 Å². The van der Waals surface area contributed by atoms with Gasteiger partial charge < -0.3 is 15.0 Å². The van der Waals surface area contributed by atoms with Crippen molar-refractivity contribution in [3.63, 3.8) is 0 Å². The Hall–Kier alpha value is -2.02. The second-order valence-corrected chi connectivity index (χ2v) is 5.07. The van der Waals surface area contributed by atoms with Crippen molar-refractivity contribution in [2.45, 2.75) is 26.0 Å². The predicted octanol–water partition coefficient (Wildman–Crippen LogP) is 2.07. The smallest absolute Gasteiger partial charge is 0.387 e. The number of para-hydroxylation sites is 1. The summed E-state index contributed by atoms with van der Waals surface area (Å²) in [7, 11) is 0. The molecule has 0 saturated heterocycles. The van der Waals surface area contributed by atoms with E-state index in [4.69, 9.17) is 5.73 Å². The molecule has 2 heterocycles. The van der Waals surface area contributed by atoms with Crippen LogP contribution in [0.15, 0.2) is 24.3 Å². The van der Waals surface area contributed by atoms with Crippen LogP contribution in [0.4, 0.5) is 8.78 Å². The molecule has 0 amide bonds. The van der Waals surface area contributed by atoms with Crippen molar-refractivity contribution < 1.29 is 13.5 Å². The molecule has 0 spiro atoms. The Kier molecular flexibility index (Phi) is 3.83. The summed E-state index contributed by atoms with van der Waals surface area (Å²) in [6.45, 7) is -1.57. The molecule has 1 aromatic heterocycles. The van der Waals surface area contributed by atoms with E-state index in [1.54, 1.807) is 18.2 Å². The Bertz CT molecular complexity index is 629. The fourth-order valence-corrected chi connectivity index (χ4v) is 2.64. The van der Waals surface area contributed by atoms with Gasteiger partial charge in [-0.1, -0.05) is 12.1 Å². The molecule has 0 radical (unpaired) electrons. The summed E-state index contributed by atoms with van der Waals surface area (Å²) in [5, 5.41) is 8.30. The predicted molar refractivity (Wildman–Crippen MR) is 73.0 cm³/mol. The van der Waals surface area contributed by atoms with Gasteiger partial charge in [0, 0.05) is 13.0 Å². The highest BCUT2D eigenvalue weighted by Crippen LogP contribution is 2.32. The number of hydrogen-bond donors (Lipinski definition) is 1. The van der Waals surface area contributed by atoms with E-state index >= 15 is 0 Å². The topological polar surface area (TPSA) is 66.0 Å². The number of halogens is 2. The number of benzene rings is 1. The molecule has 0 aliphatic carbocycles. The van der Waals surface area contributed by atoms with Crippen LogP contribution in [0.5, 0.6) is 5.75 Å². The first-order valence-corrected chi connectivity index (χ1v) is 6.85. The first kappa shape index (κ1) is 13.9. The van der Waals surface area contributed by atoms with E-state index in [1.165, 1.54) is 6.07 Å². The lowest BCUT2D eigenvalue weighted by Gasteiger charge is -2.23. The maximum absolute atomic E-state index is 12.5. The SMILES string of the molecule is NCC1CCc2nnc(-c3ccccc3OC(F)F)n2C1. The van der Waals surface area contributed by atoms with Crippen LogP contribution in [0, 0.1) is 5.92 Å². The highest BCUT2D eigenvalue weighted by atomic mass is 19.3. The molecule has 2 N–H and O–H groups in total. The standard InChI is InChI=1S/C14H16F2N4O/c15-14(16)21-11-4-2-1-3-10(11)13-19-18-12-6-5-9(7-17)8-20(12)13/h1-4,9,14H,5-8,17H2. The van der Waals surface area contributed by atoms with Crippen LogP contribution < -0.4 is 10.5 Å². The van der Waals surface area contributed by atoms with Crippen LogP contribution in [0.1, 0.15) is 12.2 Å².